The fourth-order valence-electron chi connectivity index (χ4n) is 3.92. The average Bonchev–Trinajstić information content (AvgIpc) is 3.50. The first-order chi connectivity index (χ1) is 12.7. The molecule has 1 amide bonds. The van der Waals surface area contributed by atoms with Crippen molar-refractivity contribution in [2.24, 2.45) is 0 Å². The predicted molar refractivity (Wildman–Crippen MR) is 100 cm³/mol. The van der Waals surface area contributed by atoms with Crippen LogP contribution in [0.2, 0.25) is 0 Å². The lowest BCUT2D eigenvalue weighted by Crippen LogP contribution is -2.56. The molecule has 2 aliphatic rings. The van der Waals surface area contributed by atoms with Gasteiger partial charge >= 0.3 is 0 Å². The van der Waals surface area contributed by atoms with Gasteiger partial charge in [0.15, 0.2) is 0 Å². The number of nitrogens with zero attached hydrogens (tertiary/aromatic N) is 2. The molecule has 1 heterocycles. The Balaban J connectivity index is 1.47. The van der Waals surface area contributed by atoms with Gasteiger partial charge in [0.1, 0.15) is 5.82 Å². The SMILES string of the molecule is O=C(Cc1ccc(F)cc1)N1CCN(C2CC2)CC1Cc1ccccc1. The van der Waals surface area contributed by atoms with Crippen LogP contribution in [0.1, 0.15) is 24.0 Å². The van der Waals surface area contributed by atoms with Crippen LogP contribution in [0.15, 0.2) is 54.6 Å². The third kappa shape index (κ3) is 4.13. The third-order valence-electron chi connectivity index (χ3n) is 5.48. The van der Waals surface area contributed by atoms with Gasteiger partial charge in [-0.2, -0.15) is 0 Å². The van der Waals surface area contributed by atoms with Crippen LogP contribution in [-0.4, -0.2) is 47.4 Å². The molecule has 0 N–H and O–H groups in total. The van der Waals surface area contributed by atoms with Gasteiger partial charge in [-0.25, -0.2) is 4.39 Å². The van der Waals surface area contributed by atoms with Crippen molar-refractivity contribution in [3.63, 3.8) is 0 Å². The van der Waals surface area contributed by atoms with Gasteiger partial charge in [0.05, 0.1) is 6.42 Å². The van der Waals surface area contributed by atoms with Gasteiger partial charge in [0.2, 0.25) is 5.91 Å². The Morgan fingerprint density at radius 2 is 1.69 bits per heavy atom. The maximum Gasteiger partial charge on any atom is 0.227 e. The van der Waals surface area contributed by atoms with Crippen LogP contribution < -0.4 is 0 Å². The van der Waals surface area contributed by atoms with Crippen molar-refractivity contribution in [3.05, 3.63) is 71.5 Å². The lowest BCUT2D eigenvalue weighted by molar-refractivity contribution is -0.135. The average molecular weight is 352 g/mol. The van der Waals surface area contributed by atoms with Gasteiger partial charge in [-0.1, -0.05) is 42.5 Å². The molecule has 1 aliphatic heterocycles. The second kappa shape index (κ2) is 7.58. The van der Waals surface area contributed by atoms with Crippen LogP contribution in [-0.2, 0) is 17.6 Å². The fraction of sp³-hybridized carbons (Fsp3) is 0.409. The molecular formula is C22H25FN2O. The molecule has 1 aliphatic carbocycles. The number of benzene rings is 2. The Morgan fingerprint density at radius 3 is 2.38 bits per heavy atom. The van der Waals surface area contributed by atoms with Crippen LogP contribution in [0.25, 0.3) is 0 Å². The molecule has 0 spiro atoms. The maximum atomic E-state index is 13.1. The van der Waals surface area contributed by atoms with Crippen molar-refractivity contribution in [1.82, 2.24) is 9.80 Å². The molecular weight excluding hydrogens is 327 g/mol. The van der Waals surface area contributed by atoms with Crippen molar-refractivity contribution < 1.29 is 9.18 Å². The van der Waals surface area contributed by atoms with Gasteiger partial charge in [-0.15, -0.1) is 0 Å². The topological polar surface area (TPSA) is 23.6 Å². The summed E-state index contributed by atoms with van der Waals surface area (Å²) < 4.78 is 13.1. The molecule has 1 unspecified atom stereocenters. The van der Waals surface area contributed by atoms with Crippen LogP contribution in [0.4, 0.5) is 4.39 Å². The minimum Gasteiger partial charge on any atom is -0.337 e. The second-order valence-corrected chi connectivity index (χ2v) is 7.46. The molecule has 1 atom stereocenters. The lowest BCUT2D eigenvalue weighted by Gasteiger charge is -2.42. The van der Waals surface area contributed by atoms with E-state index in [1.165, 1.54) is 30.5 Å². The monoisotopic (exact) mass is 352 g/mol. The lowest BCUT2D eigenvalue weighted by atomic mass is 10.0. The van der Waals surface area contributed by atoms with E-state index in [1.54, 1.807) is 12.1 Å². The molecule has 0 radical (unpaired) electrons. The molecule has 4 rings (SSSR count). The Labute approximate surface area is 154 Å². The fourth-order valence-corrected chi connectivity index (χ4v) is 3.92. The van der Waals surface area contributed by atoms with Crippen molar-refractivity contribution in [2.75, 3.05) is 19.6 Å². The molecule has 2 aromatic carbocycles. The van der Waals surface area contributed by atoms with E-state index in [0.29, 0.717) is 6.42 Å². The quantitative estimate of drug-likeness (QED) is 0.824. The van der Waals surface area contributed by atoms with Crippen LogP contribution >= 0.6 is 0 Å². The Morgan fingerprint density at radius 1 is 0.962 bits per heavy atom. The summed E-state index contributed by atoms with van der Waals surface area (Å²) >= 11 is 0. The summed E-state index contributed by atoms with van der Waals surface area (Å²) in [5, 5.41) is 0. The number of rotatable bonds is 5. The van der Waals surface area contributed by atoms with Gasteiger partial charge in [-0.3, -0.25) is 9.69 Å². The highest BCUT2D eigenvalue weighted by atomic mass is 19.1. The van der Waals surface area contributed by atoms with Gasteiger partial charge < -0.3 is 4.90 Å². The van der Waals surface area contributed by atoms with E-state index < -0.39 is 0 Å². The number of hydrogen-bond donors (Lipinski definition) is 0. The maximum absolute atomic E-state index is 13.1. The molecule has 3 nitrogen and oxygen atoms in total. The van der Waals surface area contributed by atoms with Gasteiger partial charge in [-0.05, 0) is 42.5 Å². The number of carbonyl (C=O) groups is 1. The molecule has 0 aromatic heterocycles. The normalized spacial score (nSPS) is 21.0. The van der Waals surface area contributed by atoms with Crippen molar-refractivity contribution in [3.8, 4) is 0 Å². The van der Waals surface area contributed by atoms with Crippen LogP contribution in [0, 0.1) is 5.82 Å². The zero-order chi connectivity index (χ0) is 17.9. The highest BCUT2D eigenvalue weighted by molar-refractivity contribution is 5.79. The van der Waals surface area contributed by atoms with E-state index in [4.69, 9.17) is 0 Å². The minimum absolute atomic E-state index is 0.146. The van der Waals surface area contributed by atoms with E-state index in [9.17, 15) is 9.18 Å². The molecule has 2 fully saturated rings. The summed E-state index contributed by atoms with van der Waals surface area (Å²) in [6.07, 6.45) is 3.82. The van der Waals surface area contributed by atoms with Crippen molar-refractivity contribution >= 4 is 5.91 Å². The first-order valence-electron chi connectivity index (χ1n) is 9.51. The van der Waals surface area contributed by atoms with Crippen LogP contribution in [0.5, 0.6) is 0 Å². The second-order valence-electron chi connectivity index (χ2n) is 7.46. The molecule has 136 valence electrons. The van der Waals surface area contributed by atoms with Crippen molar-refractivity contribution in [2.45, 2.75) is 37.8 Å². The van der Waals surface area contributed by atoms with Gasteiger partial charge in [0, 0.05) is 31.7 Å². The summed E-state index contributed by atoms with van der Waals surface area (Å²) in [5.41, 5.74) is 2.15. The summed E-state index contributed by atoms with van der Waals surface area (Å²) in [5.74, 6) is -0.116. The van der Waals surface area contributed by atoms with E-state index in [1.807, 2.05) is 6.07 Å². The highest BCUT2D eigenvalue weighted by Crippen LogP contribution is 2.29. The predicted octanol–water partition coefficient (Wildman–Crippen LogP) is 3.29. The van der Waals surface area contributed by atoms with Crippen LogP contribution in [0.3, 0.4) is 0 Å². The van der Waals surface area contributed by atoms with E-state index in [0.717, 1.165) is 37.7 Å². The Bertz CT molecular complexity index is 742. The molecule has 0 bridgehead atoms. The largest absolute Gasteiger partial charge is 0.337 e. The zero-order valence-corrected chi connectivity index (χ0v) is 15.0. The standard InChI is InChI=1S/C22H25FN2O/c23-19-8-6-18(7-9-19)15-22(26)25-13-12-24(20-10-11-20)16-21(25)14-17-4-2-1-3-5-17/h1-9,20-21H,10-16H2. The molecule has 1 saturated heterocycles. The molecule has 2 aromatic rings. The number of amides is 1. The third-order valence-corrected chi connectivity index (χ3v) is 5.48. The zero-order valence-electron chi connectivity index (χ0n) is 15.0. The molecule has 4 heteroatoms. The number of carbonyl (C=O) groups excluding carboxylic acids is 1. The van der Waals surface area contributed by atoms with E-state index >= 15 is 0 Å². The highest BCUT2D eigenvalue weighted by Gasteiger charge is 2.37. The first kappa shape index (κ1) is 17.2. The summed E-state index contributed by atoms with van der Waals surface area (Å²) in [6, 6.07) is 17.6. The Kier molecular flexibility index (Phi) is 5.02. The van der Waals surface area contributed by atoms with Gasteiger partial charge in [0.25, 0.3) is 0 Å². The number of hydrogen-bond acceptors (Lipinski definition) is 2. The smallest absolute Gasteiger partial charge is 0.227 e. The summed E-state index contributed by atoms with van der Waals surface area (Å²) in [4.78, 5) is 17.6. The minimum atomic E-state index is -0.263. The van der Waals surface area contributed by atoms with E-state index in [-0.39, 0.29) is 17.8 Å². The number of piperazine rings is 1. The molecule has 1 saturated carbocycles. The van der Waals surface area contributed by atoms with E-state index in [2.05, 4.69) is 34.1 Å². The molecule has 26 heavy (non-hydrogen) atoms. The first-order valence-corrected chi connectivity index (χ1v) is 9.51. The Hall–Kier alpha value is -2.20. The summed E-state index contributed by atoms with van der Waals surface area (Å²) in [6.45, 7) is 2.70. The summed E-state index contributed by atoms with van der Waals surface area (Å²) in [7, 11) is 0. The van der Waals surface area contributed by atoms with Crippen molar-refractivity contribution in [1.29, 1.82) is 0 Å². The number of halogens is 1.